The van der Waals surface area contributed by atoms with Gasteiger partial charge in [0.15, 0.2) is 0 Å². The minimum Gasteiger partial charge on any atom is -0.356 e. The lowest BCUT2D eigenvalue weighted by Crippen LogP contribution is -2.60. The summed E-state index contributed by atoms with van der Waals surface area (Å²) in [5, 5.41) is 2.85. The molecule has 194 valence electrons. The molecule has 0 aromatic heterocycles. The van der Waals surface area contributed by atoms with Crippen LogP contribution in [0.1, 0.15) is 47.4 Å². The Balaban J connectivity index is 1.64. The molecule has 9 heteroatoms. The highest BCUT2D eigenvalue weighted by molar-refractivity contribution is 5.88. The lowest BCUT2D eigenvalue weighted by Gasteiger charge is -2.50. The highest BCUT2D eigenvalue weighted by atomic mass is 19.4. The summed E-state index contributed by atoms with van der Waals surface area (Å²) in [6, 6.07) is 10.3. The number of benzene rings is 2. The van der Waals surface area contributed by atoms with Crippen molar-refractivity contribution in [1.29, 1.82) is 0 Å². The molecule has 2 fully saturated rings. The number of halogens is 4. The van der Waals surface area contributed by atoms with E-state index in [4.69, 9.17) is 4.74 Å². The third-order valence-corrected chi connectivity index (χ3v) is 7.99. The van der Waals surface area contributed by atoms with Gasteiger partial charge in [-0.15, -0.1) is 0 Å². The Labute approximate surface area is 207 Å². The normalized spacial score (nSPS) is 21.7. The zero-order chi connectivity index (χ0) is 26.3. The number of hydrogen-bond acceptors (Lipinski definition) is 3. The molecule has 36 heavy (non-hydrogen) atoms. The Kier molecular flexibility index (Phi) is 6.90. The van der Waals surface area contributed by atoms with Crippen LogP contribution in [0.5, 0.6) is 0 Å². The van der Waals surface area contributed by atoms with Gasteiger partial charge in [0.1, 0.15) is 5.82 Å². The van der Waals surface area contributed by atoms with Crippen molar-refractivity contribution in [2.75, 3.05) is 26.7 Å². The van der Waals surface area contributed by atoms with E-state index in [0.29, 0.717) is 24.9 Å². The first kappa shape index (κ1) is 26.1. The van der Waals surface area contributed by atoms with Gasteiger partial charge in [0, 0.05) is 44.6 Å². The maximum Gasteiger partial charge on any atom is 0.430 e. The molecule has 1 N–H and O–H groups in total. The molecular weight excluding hydrogens is 476 g/mol. The molecule has 2 atom stereocenters. The number of amides is 2. The first-order chi connectivity index (χ1) is 16.9. The molecule has 2 amide bonds. The van der Waals surface area contributed by atoms with Crippen LogP contribution in [0.4, 0.5) is 17.6 Å². The van der Waals surface area contributed by atoms with Gasteiger partial charge in [-0.3, -0.25) is 9.59 Å². The van der Waals surface area contributed by atoms with Gasteiger partial charge in [-0.2, -0.15) is 13.2 Å². The highest BCUT2D eigenvalue weighted by Crippen LogP contribution is 2.50. The van der Waals surface area contributed by atoms with Crippen LogP contribution in [-0.2, 0) is 19.9 Å². The topological polar surface area (TPSA) is 58.6 Å². The molecule has 4 rings (SSSR count). The summed E-state index contributed by atoms with van der Waals surface area (Å²) < 4.78 is 62.2. The number of likely N-dealkylation sites (tertiary alicyclic amines) is 1. The molecule has 2 aliphatic rings. The molecule has 2 aliphatic heterocycles. The number of carbonyl (C=O) groups is 2. The quantitative estimate of drug-likeness (QED) is 0.609. The molecular formula is C27H30F4N2O3. The summed E-state index contributed by atoms with van der Waals surface area (Å²) in [5.74, 6) is -1.80. The Morgan fingerprint density at radius 2 is 1.69 bits per heavy atom. The van der Waals surface area contributed by atoms with Crippen molar-refractivity contribution >= 4 is 11.8 Å². The van der Waals surface area contributed by atoms with Crippen LogP contribution < -0.4 is 5.32 Å². The predicted molar refractivity (Wildman–Crippen MR) is 126 cm³/mol. The van der Waals surface area contributed by atoms with Crippen LogP contribution in [0.25, 0.3) is 0 Å². The molecule has 0 unspecified atom stereocenters. The van der Waals surface area contributed by atoms with Crippen molar-refractivity contribution in [1.82, 2.24) is 10.2 Å². The van der Waals surface area contributed by atoms with Crippen molar-refractivity contribution < 1.29 is 31.9 Å². The third kappa shape index (κ3) is 4.38. The SMILES string of the molecule is CO[C@](C(=O)N1CCC2(CC1)CC(=O)NC[C@H]2c1ccc(F)cc1)(c1ccc(C)c(C)c1)C(F)(F)F. The van der Waals surface area contributed by atoms with Crippen molar-refractivity contribution in [3.63, 3.8) is 0 Å². The van der Waals surface area contributed by atoms with E-state index in [0.717, 1.165) is 18.2 Å². The number of nitrogens with zero attached hydrogens (tertiary/aromatic N) is 1. The second-order valence-electron chi connectivity index (χ2n) is 9.92. The number of methoxy groups -OCH3 is 1. The van der Waals surface area contributed by atoms with Gasteiger partial charge in [-0.05, 0) is 60.9 Å². The van der Waals surface area contributed by atoms with E-state index in [1.807, 2.05) is 0 Å². The van der Waals surface area contributed by atoms with Crippen LogP contribution in [0.3, 0.4) is 0 Å². The number of alkyl halides is 3. The summed E-state index contributed by atoms with van der Waals surface area (Å²) in [4.78, 5) is 27.1. The lowest BCUT2D eigenvalue weighted by molar-refractivity contribution is -0.271. The van der Waals surface area contributed by atoms with E-state index >= 15 is 0 Å². The number of hydrogen-bond donors (Lipinski definition) is 1. The van der Waals surface area contributed by atoms with Crippen molar-refractivity contribution in [3.8, 4) is 0 Å². The summed E-state index contributed by atoms with van der Waals surface area (Å²) in [6.07, 6.45) is -4.10. The fourth-order valence-corrected chi connectivity index (χ4v) is 5.70. The van der Waals surface area contributed by atoms with E-state index in [-0.39, 0.29) is 42.7 Å². The number of nitrogens with one attached hydrogen (secondary N) is 1. The maximum atomic E-state index is 14.6. The third-order valence-electron chi connectivity index (χ3n) is 7.99. The van der Waals surface area contributed by atoms with Crippen LogP contribution in [0.2, 0.25) is 0 Å². The lowest BCUT2D eigenvalue weighted by atomic mass is 9.62. The molecule has 2 aromatic carbocycles. The summed E-state index contributed by atoms with van der Waals surface area (Å²) in [5.41, 5.74) is -1.64. The van der Waals surface area contributed by atoms with Crippen LogP contribution in [-0.4, -0.2) is 49.6 Å². The molecule has 2 saturated heterocycles. The van der Waals surface area contributed by atoms with Crippen molar-refractivity contribution in [2.24, 2.45) is 5.41 Å². The minimum atomic E-state index is -4.99. The summed E-state index contributed by atoms with van der Waals surface area (Å²) >= 11 is 0. The van der Waals surface area contributed by atoms with Crippen LogP contribution in [0.15, 0.2) is 42.5 Å². The first-order valence-corrected chi connectivity index (χ1v) is 11.9. The minimum absolute atomic E-state index is 0.0514. The van der Waals surface area contributed by atoms with Gasteiger partial charge < -0.3 is 15.0 Å². The number of ether oxygens (including phenoxy) is 1. The average Bonchev–Trinajstić information content (AvgIpc) is 2.82. The van der Waals surface area contributed by atoms with Gasteiger partial charge >= 0.3 is 6.18 Å². The van der Waals surface area contributed by atoms with E-state index in [9.17, 15) is 27.2 Å². The van der Waals surface area contributed by atoms with Gasteiger partial charge in [-0.1, -0.05) is 30.3 Å². The first-order valence-electron chi connectivity index (χ1n) is 11.9. The highest BCUT2D eigenvalue weighted by Gasteiger charge is 2.64. The summed E-state index contributed by atoms with van der Waals surface area (Å²) in [6.45, 7) is 3.93. The zero-order valence-corrected chi connectivity index (χ0v) is 20.5. The number of aryl methyl sites for hydroxylation is 2. The van der Waals surface area contributed by atoms with Gasteiger partial charge in [-0.25, -0.2) is 4.39 Å². The molecule has 2 aromatic rings. The van der Waals surface area contributed by atoms with Crippen molar-refractivity contribution in [2.45, 2.75) is 50.8 Å². The Morgan fingerprint density at radius 1 is 1.06 bits per heavy atom. The van der Waals surface area contributed by atoms with Gasteiger partial charge in [0.2, 0.25) is 5.91 Å². The predicted octanol–water partition coefficient (Wildman–Crippen LogP) is 4.76. The van der Waals surface area contributed by atoms with Gasteiger partial charge in [0.25, 0.3) is 11.5 Å². The Hall–Kier alpha value is -2.94. The molecule has 2 heterocycles. The zero-order valence-electron chi connectivity index (χ0n) is 20.5. The van der Waals surface area contributed by atoms with Crippen molar-refractivity contribution in [3.05, 3.63) is 70.5 Å². The van der Waals surface area contributed by atoms with E-state index < -0.39 is 23.1 Å². The number of piperidine rings is 2. The standard InChI is InChI=1S/C27H30F4N2O3/c1-17-4-7-20(14-18(17)2)26(36-3,27(29,30)31)24(35)33-12-10-25(11-13-33)15-23(34)32-16-22(25)19-5-8-21(28)9-6-19/h4-9,14,22H,10-13,15-16H2,1-3H3,(H,32,34)/t22-,26-/m0/s1. The fourth-order valence-electron chi connectivity index (χ4n) is 5.70. The smallest absolute Gasteiger partial charge is 0.356 e. The summed E-state index contributed by atoms with van der Waals surface area (Å²) in [7, 11) is 0.905. The fraction of sp³-hybridized carbons (Fsp3) is 0.481. The van der Waals surface area contributed by atoms with E-state index in [2.05, 4.69) is 5.32 Å². The van der Waals surface area contributed by atoms with Gasteiger partial charge in [0.05, 0.1) is 0 Å². The molecule has 0 bridgehead atoms. The van der Waals surface area contributed by atoms with E-state index in [1.165, 1.54) is 29.2 Å². The molecule has 5 nitrogen and oxygen atoms in total. The second-order valence-corrected chi connectivity index (χ2v) is 9.92. The number of rotatable bonds is 4. The average molecular weight is 507 g/mol. The van der Waals surface area contributed by atoms with E-state index in [1.54, 1.807) is 32.0 Å². The Morgan fingerprint density at radius 3 is 2.25 bits per heavy atom. The molecule has 1 spiro atoms. The second kappa shape index (κ2) is 9.50. The van der Waals surface area contributed by atoms with Crippen LogP contribution in [0, 0.1) is 25.1 Å². The maximum absolute atomic E-state index is 14.6. The molecule has 0 saturated carbocycles. The number of carbonyl (C=O) groups excluding carboxylic acids is 2. The van der Waals surface area contributed by atoms with Crippen LogP contribution >= 0.6 is 0 Å². The largest absolute Gasteiger partial charge is 0.430 e. The monoisotopic (exact) mass is 506 g/mol. The molecule has 0 aliphatic carbocycles. The Bertz CT molecular complexity index is 1140. The molecule has 0 radical (unpaired) electrons.